The Morgan fingerprint density at radius 2 is 2.23 bits per heavy atom. The number of Topliss-reactive ketones (excluding diaryl/α,β-unsaturated/α-hetero) is 1. The molecule has 1 saturated carbocycles. The smallest absolute Gasteiger partial charge is 0.164 e. The maximum Gasteiger partial charge on any atom is 0.164 e. The maximum absolute atomic E-state index is 12.0. The summed E-state index contributed by atoms with van der Waals surface area (Å²) >= 11 is 0. The van der Waals surface area contributed by atoms with Gasteiger partial charge in [0.15, 0.2) is 5.78 Å². The molecule has 0 aromatic heterocycles. The van der Waals surface area contributed by atoms with Crippen LogP contribution in [0.25, 0.3) is 0 Å². The lowest BCUT2D eigenvalue weighted by Gasteiger charge is -2.42. The van der Waals surface area contributed by atoms with Crippen LogP contribution < -0.4 is 0 Å². The van der Waals surface area contributed by atoms with E-state index in [2.05, 4.69) is 13.0 Å². The fourth-order valence-electron chi connectivity index (χ4n) is 2.94. The summed E-state index contributed by atoms with van der Waals surface area (Å²) in [6, 6.07) is 0. The molecule has 0 N–H and O–H groups in total. The maximum atomic E-state index is 12.0. The number of rotatable bonds is 0. The molecule has 2 aliphatic carbocycles. The minimum atomic E-state index is -0.00289. The van der Waals surface area contributed by atoms with Crippen molar-refractivity contribution in [1.29, 1.82) is 0 Å². The zero-order valence-electron chi connectivity index (χ0n) is 8.60. The molecular weight excluding hydrogens is 160 g/mol. The molecule has 0 amide bonds. The van der Waals surface area contributed by atoms with Gasteiger partial charge in [0.05, 0.1) is 0 Å². The average Bonchev–Trinajstić information content (AvgIpc) is 2.13. The Hall–Kier alpha value is -0.590. The lowest BCUT2D eigenvalue weighted by molar-refractivity contribution is -0.129. The average molecular weight is 178 g/mol. The van der Waals surface area contributed by atoms with Crippen molar-refractivity contribution in [3.63, 3.8) is 0 Å². The molecule has 0 spiro atoms. The summed E-state index contributed by atoms with van der Waals surface area (Å²) in [4.78, 5) is 12.0. The molecule has 2 aliphatic rings. The summed E-state index contributed by atoms with van der Waals surface area (Å²) in [5.74, 6) is 1.06. The van der Waals surface area contributed by atoms with E-state index in [1.165, 1.54) is 19.3 Å². The molecule has 0 aromatic carbocycles. The van der Waals surface area contributed by atoms with Gasteiger partial charge in [-0.25, -0.2) is 0 Å². The van der Waals surface area contributed by atoms with E-state index in [-0.39, 0.29) is 5.41 Å². The highest BCUT2D eigenvalue weighted by Gasteiger charge is 2.44. The Labute approximate surface area is 80.2 Å². The first kappa shape index (κ1) is 8.98. The summed E-state index contributed by atoms with van der Waals surface area (Å²) in [5, 5.41) is 0. The van der Waals surface area contributed by atoms with Gasteiger partial charge < -0.3 is 0 Å². The number of carbonyl (C=O) groups excluding carboxylic acids is 1. The van der Waals surface area contributed by atoms with Crippen LogP contribution in [-0.2, 0) is 4.79 Å². The third-order valence-corrected chi connectivity index (χ3v) is 3.99. The van der Waals surface area contributed by atoms with Gasteiger partial charge in [0.2, 0.25) is 0 Å². The van der Waals surface area contributed by atoms with E-state index >= 15 is 0 Å². The Balaban J connectivity index is 2.32. The van der Waals surface area contributed by atoms with E-state index in [0.29, 0.717) is 11.7 Å². The van der Waals surface area contributed by atoms with Gasteiger partial charge in [0.25, 0.3) is 0 Å². The molecule has 1 nitrogen and oxygen atoms in total. The zero-order valence-corrected chi connectivity index (χ0v) is 8.60. The number of hydrogen-bond donors (Lipinski definition) is 0. The second-order valence-electron chi connectivity index (χ2n) is 4.81. The Kier molecular flexibility index (Phi) is 2.05. The van der Waals surface area contributed by atoms with Crippen LogP contribution in [0, 0.1) is 11.3 Å². The van der Waals surface area contributed by atoms with Gasteiger partial charge in [-0.15, -0.1) is 0 Å². The fourth-order valence-corrected chi connectivity index (χ4v) is 2.94. The monoisotopic (exact) mass is 178 g/mol. The minimum absolute atomic E-state index is 0.00289. The van der Waals surface area contributed by atoms with Crippen molar-refractivity contribution in [2.24, 2.45) is 11.3 Å². The lowest BCUT2D eigenvalue weighted by atomic mass is 9.60. The number of carbonyl (C=O) groups is 1. The van der Waals surface area contributed by atoms with Crippen molar-refractivity contribution < 1.29 is 4.79 Å². The highest BCUT2D eigenvalue weighted by molar-refractivity contribution is 6.00. The third-order valence-electron chi connectivity index (χ3n) is 3.99. The van der Waals surface area contributed by atoms with Crippen molar-refractivity contribution in [2.75, 3.05) is 0 Å². The molecule has 2 atom stereocenters. The Bertz CT molecular complexity index is 264. The molecule has 0 aliphatic heterocycles. The van der Waals surface area contributed by atoms with Gasteiger partial charge in [-0.3, -0.25) is 4.79 Å². The minimum Gasteiger partial charge on any atom is -0.294 e. The van der Waals surface area contributed by atoms with Crippen molar-refractivity contribution in [2.45, 2.75) is 46.0 Å². The number of hydrogen-bond acceptors (Lipinski definition) is 1. The van der Waals surface area contributed by atoms with E-state index in [4.69, 9.17) is 0 Å². The highest BCUT2D eigenvalue weighted by atomic mass is 16.1. The molecule has 1 heteroatoms. The molecule has 0 unspecified atom stereocenters. The largest absolute Gasteiger partial charge is 0.294 e. The van der Waals surface area contributed by atoms with Gasteiger partial charge in [-0.05, 0) is 37.7 Å². The molecule has 72 valence electrons. The molecular formula is C12H18O. The summed E-state index contributed by atoms with van der Waals surface area (Å²) in [5.41, 5.74) is 0.998. The number of fused-ring (bicyclic) bond motifs is 1. The van der Waals surface area contributed by atoms with Crippen LogP contribution in [0.4, 0.5) is 0 Å². The number of allylic oxidation sites excluding steroid dienone is 2. The lowest BCUT2D eigenvalue weighted by Crippen LogP contribution is -2.41. The van der Waals surface area contributed by atoms with Crippen molar-refractivity contribution >= 4 is 5.78 Å². The molecule has 0 aromatic rings. The van der Waals surface area contributed by atoms with E-state index in [1.54, 1.807) is 0 Å². The van der Waals surface area contributed by atoms with Gasteiger partial charge in [-0.2, -0.15) is 0 Å². The van der Waals surface area contributed by atoms with Gasteiger partial charge in [0.1, 0.15) is 0 Å². The van der Waals surface area contributed by atoms with Crippen LogP contribution in [0.2, 0.25) is 0 Å². The van der Waals surface area contributed by atoms with Crippen LogP contribution in [0.5, 0.6) is 0 Å². The third kappa shape index (κ3) is 1.25. The van der Waals surface area contributed by atoms with Gasteiger partial charge >= 0.3 is 0 Å². The number of ketones is 1. The van der Waals surface area contributed by atoms with E-state index in [9.17, 15) is 4.79 Å². The molecule has 0 heterocycles. The van der Waals surface area contributed by atoms with Gasteiger partial charge in [-0.1, -0.05) is 25.8 Å². The second-order valence-corrected chi connectivity index (χ2v) is 4.81. The molecule has 0 bridgehead atoms. The van der Waals surface area contributed by atoms with Gasteiger partial charge in [0, 0.05) is 5.41 Å². The fraction of sp³-hybridized carbons (Fsp3) is 0.750. The zero-order chi connectivity index (χ0) is 9.47. The van der Waals surface area contributed by atoms with Crippen LogP contribution in [0.1, 0.15) is 46.0 Å². The predicted molar refractivity (Wildman–Crippen MR) is 53.4 cm³/mol. The van der Waals surface area contributed by atoms with Crippen molar-refractivity contribution in [1.82, 2.24) is 0 Å². The van der Waals surface area contributed by atoms with Crippen molar-refractivity contribution in [3.8, 4) is 0 Å². The first-order valence-corrected chi connectivity index (χ1v) is 5.36. The second kappa shape index (κ2) is 2.97. The van der Waals surface area contributed by atoms with Crippen LogP contribution >= 0.6 is 0 Å². The Morgan fingerprint density at radius 3 is 3.00 bits per heavy atom. The summed E-state index contributed by atoms with van der Waals surface area (Å²) in [6.45, 7) is 4.15. The van der Waals surface area contributed by atoms with Crippen LogP contribution in [-0.4, -0.2) is 5.78 Å². The van der Waals surface area contributed by atoms with Crippen LogP contribution in [0.3, 0.4) is 0 Å². The van der Waals surface area contributed by atoms with E-state index < -0.39 is 0 Å². The van der Waals surface area contributed by atoms with E-state index in [0.717, 1.165) is 18.4 Å². The molecule has 13 heavy (non-hydrogen) atoms. The summed E-state index contributed by atoms with van der Waals surface area (Å²) < 4.78 is 0. The highest BCUT2D eigenvalue weighted by Crippen LogP contribution is 2.47. The normalized spacial score (nSPS) is 39.7. The predicted octanol–water partition coefficient (Wildman–Crippen LogP) is 3.10. The standard InChI is InChI=1S/C12H18O/c1-9-6-7-10-5-3-4-8-12(10,2)11(9)13/h6,10H,3-5,7-8H2,1-2H3/t10-,12+/m0/s1. The molecule has 0 saturated heterocycles. The topological polar surface area (TPSA) is 17.1 Å². The van der Waals surface area contributed by atoms with Crippen LogP contribution in [0.15, 0.2) is 11.6 Å². The summed E-state index contributed by atoms with van der Waals surface area (Å²) in [7, 11) is 0. The van der Waals surface area contributed by atoms with E-state index in [1.807, 2.05) is 6.92 Å². The first-order chi connectivity index (χ1) is 6.14. The molecule has 1 fully saturated rings. The Morgan fingerprint density at radius 1 is 1.46 bits per heavy atom. The van der Waals surface area contributed by atoms with Crippen molar-refractivity contribution in [3.05, 3.63) is 11.6 Å². The molecule has 2 rings (SSSR count). The first-order valence-electron chi connectivity index (χ1n) is 5.36. The quantitative estimate of drug-likeness (QED) is 0.557. The molecule has 0 radical (unpaired) electrons. The summed E-state index contributed by atoms with van der Waals surface area (Å²) in [6.07, 6.45) is 8.20. The SMILES string of the molecule is CC1=CC[C@@H]2CCCC[C@@]2(C)C1=O.